The van der Waals surface area contributed by atoms with Gasteiger partial charge in [-0.05, 0) is 62.3 Å². The van der Waals surface area contributed by atoms with Crippen LogP contribution in [0.25, 0.3) is 0 Å². The van der Waals surface area contributed by atoms with E-state index in [0.29, 0.717) is 5.71 Å². The predicted molar refractivity (Wildman–Crippen MR) is 73.5 cm³/mol. The summed E-state index contributed by atoms with van der Waals surface area (Å²) < 4.78 is 1.42. The van der Waals surface area contributed by atoms with Gasteiger partial charge in [-0.3, -0.25) is 0 Å². The fourth-order valence-electron chi connectivity index (χ4n) is 1.54. The summed E-state index contributed by atoms with van der Waals surface area (Å²) >= 11 is 2.38. The molecule has 0 bridgehead atoms. The first-order valence-corrected chi connectivity index (χ1v) is 6.03. The molecule has 0 aromatic rings. The molecule has 0 saturated carbocycles. The second-order valence-electron chi connectivity index (χ2n) is 3.62. The van der Waals surface area contributed by atoms with Crippen LogP contribution in [-0.2, 0) is 0 Å². The zero-order chi connectivity index (χ0) is 10.7. The van der Waals surface area contributed by atoms with E-state index in [1.807, 2.05) is 24.3 Å². The molecule has 0 unspecified atom stereocenters. The van der Waals surface area contributed by atoms with Crippen LogP contribution in [0.3, 0.4) is 0 Å². The fourth-order valence-corrected chi connectivity index (χ4v) is 1.99. The lowest BCUT2D eigenvalue weighted by molar-refractivity contribution is 0.983. The highest BCUT2D eigenvalue weighted by molar-refractivity contribution is 14.1. The summed E-state index contributed by atoms with van der Waals surface area (Å²) in [5, 5.41) is 7.40. The van der Waals surface area contributed by atoms with Crippen molar-refractivity contribution in [1.82, 2.24) is 0 Å². The lowest BCUT2D eigenvalue weighted by atomic mass is 10.00. The van der Waals surface area contributed by atoms with Crippen molar-refractivity contribution in [3.8, 4) is 0 Å². The van der Waals surface area contributed by atoms with E-state index in [0.717, 1.165) is 12.8 Å². The Morgan fingerprint density at radius 1 is 1.07 bits per heavy atom. The van der Waals surface area contributed by atoms with Crippen LogP contribution >= 0.6 is 22.6 Å². The lowest BCUT2D eigenvalue weighted by Gasteiger charge is -2.08. The average molecular weight is 309 g/mol. The number of rotatable bonds is 1. The van der Waals surface area contributed by atoms with Crippen molar-refractivity contribution in [3.63, 3.8) is 0 Å². The van der Waals surface area contributed by atoms with E-state index in [1.54, 1.807) is 0 Å². The molecular formula is C13H12IN. The van der Waals surface area contributed by atoms with E-state index in [2.05, 4.69) is 40.8 Å². The van der Waals surface area contributed by atoms with E-state index in [9.17, 15) is 0 Å². The number of halogens is 1. The summed E-state index contributed by atoms with van der Waals surface area (Å²) in [6.07, 6.45) is 16.5. The quantitative estimate of drug-likeness (QED) is 0.705. The van der Waals surface area contributed by atoms with Gasteiger partial charge in [0.15, 0.2) is 0 Å². The molecule has 0 fully saturated rings. The molecule has 1 N–H and O–H groups in total. The Kier molecular flexibility index (Phi) is 3.36. The molecule has 0 saturated heterocycles. The Hall–Kier alpha value is -0.900. The molecule has 0 atom stereocenters. The number of allylic oxidation sites excluding steroid dienone is 10. The molecule has 2 heteroatoms. The summed E-state index contributed by atoms with van der Waals surface area (Å²) in [6.45, 7) is 0. The summed E-state index contributed by atoms with van der Waals surface area (Å²) in [4.78, 5) is 0. The second-order valence-corrected chi connectivity index (χ2v) is 5.01. The van der Waals surface area contributed by atoms with Crippen molar-refractivity contribution in [3.05, 3.63) is 57.3 Å². The number of nitrogens with one attached hydrogen (secondary N) is 1. The van der Waals surface area contributed by atoms with E-state index in [4.69, 9.17) is 5.41 Å². The standard InChI is InChI=1S/C13H12IN/c14-12-5-1-10(2-6-12)9-11-3-7-13(15)8-4-11/h1,3-5,7-9,15H,2,6H2. The Labute approximate surface area is 104 Å². The largest absolute Gasteiger partial charge is 0.301 e. The van der Waals surface area contributed by atoms with E-state index >= 15 is 0 Å². The van der Waals surface area contributed by atoms with Gasteiger partial charge >= 0.3 is 0 Å². The highest BCUT2D eigenvalue weighted by Crippen LogP contribution is 2.24. The van der Waals surface area contributed by atoms with Crippen LogP contribution in [0.1, 0.15) is 12.8 Å². The third-order valence-corrected chi connectivity index (χ3v) is 3.29. The first kappa shape index (κ1) is 10.6. The van der Waals surface area contributed by atoms with Crippen LogP contribution < -0.4 is 0 Å². The van der Waals surface area contributed by atoms with Gasteiger partial charge in [0.2, 0.25) is 0 Å². The van der Waals surface area contributed by atoms with Crippen molar-refractivity contribution < 1.29 is 0 Å². The minimum atomic E-state index is 0.569. The highest BCUT2D eigenvalue weighted by Gasteiger charge is 2.03. The number of hydrogen-bond acceptors (Lipinski definition) is 1. The molecule has 0 aromatic carbocycles. The molecule has 0 amide bonds. The lowest BCUT2D eigenvalue weighted by Crippen LogP contribution is -1.92. The minimum Gasteiger partial charge on any atom is -0.301 e. The maximum Gasteiger partial charge on any atom is 0.0540 e. The van der Waals surface area contributed by atoms with Gasteiger partial charge in [-0.1, -0.05) is 30.4 Å². The second kappa shape index (κ2) is 4.75. The zero-order valence-electron chi connectivity index (χ0n) is 8.33. The molecule has 0 aliphatic heterocycles. The third-order valence-electron chi connectivity index (χ3n) is 2.39. The van der Waals surface area contributed by atoms with Crippen molar-refractivity contribution in [2.75, 3.05) is 0 Å². The van der Waals surface area contributed by atoms with Gasteiger partial charge in [0.25, 0.3) is 0 Å². The normalized spacial score (nSPS) is 20.1. The first-order valence-electron chi connectivity index (χ1n) is 4.96. The van der Waals surface area contributed by atoms with Gasteiger partial charge in [-0.15, -0.1) is 0 Å². The van der Waals surface area contributed by atoms with Crippen molar-refractivity contribution in [2.24, 2.45) is 0 Å². The Morgan fingerprint density at radius 2 is 1.80 bits per heavy atom. The van der Waals surface area contributed by atoms with Gasteiger partial charge in [0, 0.05) is 0 Å². The smallest absolute Gasteiger partial charge is 0.0540 e. The number of hydrogen-bond donors (Lipinski definition) is 1. The van der Waals surface area contributed by atoms with Crippen molar-refractivity contribution in [2.45, 2.75) is 12.8 Å². The molecule has 15 heavy (non-hydrogen) atoms. The van der Waals surface area contributed by atoms with Gasteiger partial charge < -0.3 is 5.41 Å². The molecule has 1 nitrogen and oxygen atoms in total. The third kappa shape index (κ3) is 3.02. The topological polar surface area (TPSA) is 23.9 Å². The molecule has 0 aromatic heterocycles. The summed E-state index contributed by atoms with van der Waals surface area (Å²) in [6, 6.07) is 0. The van der Waals surface area contributed by atoms with Crippen LogP contribution in [0.2, 0.25) is 0 Å². The van der Waals surface area contributed by atoms with Gasteiger partial charge in [0.1, 0.15) is 0 Å². The molecule has 2 rings (SSSR count). The van der Waals surface area contributed by atoms with Crippen molar-refractivity contribution in [1.29, 1.82) is 5.41 Å². The molecule has 76 valence electrons. The monoisotopic (exact) mass is 309 g/mol. The molecule has 2 aliphatic rings. The van der Waals surface area contributed by atoms with E-state index in [-0.39, 0.29) is 0 Å². The average Bonchev–Trinajstić information content (AvgIpc) is 2.25. The Bertz CT molecular complexity index is 415. The minimum absolute atomic E-state index is 0.569. The van der Waals surface area contributed by atoms with Gasteiger partial charge in [-0.25, -0.2) is 0 Å². The molecule has 2 aliphatic carbocycles. The summed E-state index contributed by atoms with van der Waals surface area (Å²) in [5.74, 6) is 0. The Morgan fingerprint density at radius 3 is 2.40 bits per heavy atom. The van der Waals surface area contributed by atoms with Gasteiger partial charge in [-0.2, -0.15) is 0 Å². The molecular weight excluding hydrogens is 297 g/mol. The zero-order valence-corrected chi connectivity index (χ0v) is 10.5. The van der Waals surface area contributed by atoms with Crippen LogP contribution in [-0.4, -0.2) is 5.71 Å². The highest BCUT2D eigenvalue weighted by atomic mass is 127. The van der Waals surface area contributed by atoms with E-state index in [1.165, 1.54) is 14.7 Å². The van der Waals surface area contributed by atoms with Crippen LogP contribution in [0.5, 0.6) is 0 Å². The molecule has 0 heterocycles. The maximum absolute atomic E-state index is 7.40. The summed E-state index contributed by atoms with van der Waals surface area (Å²) in [5.41, 5.74) is 3.12. The fraction of sp³-hybridized carbons (Fsp3) is 0.154. The van der Waals surface area contributed by atoms with Crippen LogP contribution in [0, 0.1) is 5.41 Å². The van der Waals surface area contributed by atoms with E-state index < -0.39 is 0 Å². The van der Waals surface area contributed by atoms with Crippen molar-refractivity contribution >= 4 is 28.3 Å². The predicted octanol–water partition coefficient (Wildman–Crippen LogP) is 4.10. The SMILES string of the molecule is N=C1C=CC(=CC2=CC=C(I)CC2)C=C1. The maximum atomic E-state index is 7.40. The van der Waals surface area contributed by atoms with Crippen LogP contribution in [0.4, 0.5) is 0 Å². The molecule has 0 spiro atoms. The van der Waals surface area contributed by atoms with Crippen LogP contribution in [0.15, 0.2) is 57.3 Å². The van der Waals surface area contributed by atoms with Gasteiger partial charge in [0.05, 0.1) is 5.71 Å². The molecule has 0 radical (unpaired) electrons. The Balaban J connectivity index is 2.15. The summed E-state index contributed by atoms with van der Waals surface area (Å²) in [7, 11) is 0. The first-order chi connectivity index (χ1) is 7.24.